The molecule has 0 atom stereocenters. The zero-order valence-electron chi connectivity index (χ0n) is 13.0. The van der Waals surface area contributed by atoms with Crippen LogP contribution in [0, 0.1) is 0 Å². The highest BCUT2D eigenvalue weighted by Crippen LogP contribution is 2.18. The third-order valence-corrected chi connectivity index (χ3v) is 4.31. The molecule has 112 valence electrons. The number of benzene rings is 1. The van der Waals surface area contributed by atoms with E-state index in [-0.39, 0.29) is 0 Å². The van der Waals surface area contributed by atoms with E-state index in [1.165, 1.54) is 16.9 Å². The van der Waals surface area contributed by atoms with Gasteiger partial charge in [0.25, 0.3) is 0 Å². The standard InChI is InChI=1S/C17H24N4/c1-3-20(4-2)16-7-5-15(6-8-16)12-19-9-10-21-14-18-11-17(21)13-19/h5-8,11,14H,3-4,9-10,12-13H2,1-2H3. The first kappa shape index (κ1) is 14.1. The Morgan fingerprint density at radius 1 is 1.10 bits per heavy atom. The van der Waals surface area contributed by atoms with Gasteiger partial charge in [-0.2, -0.15) is 0 Å². The van der Waals surface area contributed by atoms with E-state index in [9.17, 15) is 0 Å². The van der Waals surface area contributed by atoms with Crippen LogP contribution in [0.15, 0.2) is 36.8 Å². The minimum Gasteiger partial charge on any atom is -0.372 e. The van der Waals surface area contributed by atoms with Crippen molar-refractivity contribution in [2.75, 3.05) is 24.5 Å². The van der Waals surface area contributed by atoms with Crippen molar-refractivity contribution in [3.63, 3.8) is 0 Å². The maximum atomic E-state index is 4.23. The van der Waals surface area contributed by atoms with Crippen LogP contribution in [-0.4, -0.2) is 34.1 Å². The van der Waals surface area contributed by atoms with Gasteiger partial charge in [0, 0.05) is 51.2 Å². The molecule has 2 heterocycles. The fourth-order valence-corrected chi connectivity index (χ4v) is 3.03. The highest BCUT2D eigenvalue weighted by molar-refractivity contribution is 5.47. The number of aromatic nitrogens is 2. The summed E-state index contributed by atoms with van der Waals surface area (Å²) in [4.78, 5) is 9.09. The van der Waals surface area contributed by atoms with Gasteiger partial charge in [-0.15, -0.1) is 0 Å². The van der Waals surface area contributed by atoms with Gasteiger partial charge < -0.3 is 9.47 Å². The third-order valence-electron chi connectivity index (χ3n) is 4.31. The van der Waals surface area contributed by atoms with Crippen LogP contribution in [-0.2, 0) is 19.6 Å². The van der Waals surface area contributed by atoms with Crippen LogP contribution >= 0.6 is 0 Å². The Bertz CT molecular complexity index is 569. The van der Waals surface area contributed by atoms with Crippen LogP contribution in [0.5, 0.6) is 0 Å². The molecule has 1 aliphatic heterocycles. The quantitative estimate of drug-likeness (QED) is 0.844. The van der Waals surface area contributed by atoms with Crippen molar-refractivity contribution < 1.29 is 0 Å². The Hall–Kier alpha value is -1.81. The summed E-state index contributed by atoms with van der Waals surface area (Å²) in [6.07, 6.45) is 3.92. The normalized spacial score (nSPS) is 15.0. The van der Waals surface area contributed by atoms with Gasteiger partial charge in [-0.3, -0.25) is 4.90 Å². The van der Waals surface area contributed by atoms with Crippen molar-refractivity contribution in [2.24, 2.45) is 0 Å². The van der Waals surface area contributed by atoms with Gasteiger partial charge in [0.15, 0.2) is 0 Å². The van der Waals surface area contributed by atoms with Crippen LogP contribution in [0.2, 0.25) is 0 Å². The van der Waals surface area contributed by atoms with Crippen molar-refractivity contribution in [1.29, 1.82) is 0 Å². The van der Waals surface area contributed by atoms with Crippen molar-refractivity contribution in [3.05, 3.63) is 48.0 Å². The van der Waals surface area contributed by atoms with E-state index in [0.717, 1.165) is 39.3 Å². The molecule has 1 aromatic heterocycles. The van der Waals surface area contributed by atoms with Crippen LogP contribution in [0.3, 0.4) is 0 Å². The Balaban J connectivity index is 1.63. The molecule has 4 heteroatoms. The summed E-state index contributed by atoms with van der Waals surface area (Å²) in [5, 5.41) is 0. The van der Waals surface area contributed by atoms with Gasteiger partial charge in [-0.05, 0) is 31.5 Å². The predicted octanol–water partition coefficient (Wildman–Crippen LogP) is 2.75. The maximum Gasteiger partial charge on any atom is 0.0949 e. The molecule has 0 unspecified atom stereocenters. The fourth-order valence-electron chi connectivity index (χ4n) is 3.03. The molecule has 0 saturated heterocycles. The number of nitrogens with zero attached hydrogens (tertiary/aromatic N) is 4. The van der Waals surface area contributed by atoms with E-state index < -0.39 is 0 Å². The van der Waals surface area contributed by atoms with Crippen molar-refractivity contribution >= 4 is 5.69 Å². The number of fused-ring (bicyclic) bond motifs is 1. The smallest absolute Gasteiger partial charge is 0.0949 e. The summed E-state index contributed by atoms with van der Waals surface area (Å²) in [6, 6.07) is 9.02. The largest absolute Gasteiger partial charge is 0.372 e. The Morgan fingerprint density at radius 3 is 2.57 bits per heavy atom. The fraction of sp³-hybridized carbons (Fsp3) is 0.471. The molecule has 0 N–H and O–H groups in total. The van der Waals surface area contributed by atoms with Crippen molar-refractivity contribution in [2.45, 2.75) is 33.5 Å². The van der Waals surface area contributed by atoms with Crippen molar-refractivity contribution in [3.8, 4) is 0 Å². The summed E-state index contributed by atoms with van der Waals surface area (Å²) < 4.78 is 2.25. The van der Waals surface area contributed by atoms with Gasteiger partial charge in [-0.1, -0.05) is 12.1 Å². The van der Waals surface area contributed by atoms with E-state index in [4.69, 9.17) is 0 Å². The molecule has 0 radical (unpaired) electrons. The number of anilines is 1. The van der Waals surface area contributed by atoms with Crippen LogP contribution in [0.1, 0.15) is 25.1 Å². The minimum atomic E-state index is 0.998. The lowest BCUT2D eigenvalue weighted by Gasteiger charge is -2.28. The molecule has 2 aromatic rings. The van der Waals surface area contributed by atoms with E-state index in [1.807, 2.05) is 12.5 Å². The van der Waals surface area contributed by atoms with E-state index in [0.29, 0.717) is 0 Å². The molecule has 3 rings (SSSR count). The Kier molecular flexibility index (Phi) is 4.25. The zero-order valence-corrected chi connectivity index (χ0v) is 13.0. The molecule has 1 aliphatic rings. The molecule has 0 fully saturated rings. The molecule has 0 spiro atoms. The van der Waals surface area contributed by atoms with Gasteiger partial charge in [0.05, 0.1) is 12.0 Å². The van der Waals surface area contributed by atoms with Gasteiger partial charge in [0.1, 0.15) is 0 Å². The van der Waals surface area contributed by atoms with E-state index >= 15 is 0 Å². The second-order valence-electron chi connectivity index (χ2n) is 5.63. The number of rotatable bonds is 5. The minimum absolute atomic E-state index is 0.998. The monoisotopic (exact) mass is 284 g/mol. The topological polar surface area (TPSA) is 24.3 Å². The highest BCUT2D eigenvalue weighted by atomic mass is 15.2. The number of hydrogen-bond donors (Lipinski definition) is 0. The summed E-state index contributed by atoms with van der Waals surface area (Å²) in [6.45, 7) is 10.7. The van der Waals surface area contributed by atoms with Crippen LogP contribution in [0.4, 0.5) is 5.69 Å². The first-order chi connectivity index (χ1) is 10.3. The second kappa shape index (κ2) is 6.31. The van der Waals surface area contributed by atoms with Crippen LogP contribution < -0.4 is 4.90 Å². The second-order valence-corrected chi connectivity index (χ2v) is 5.63. The molecular weight excluding hydrogens is 260 g/mol. The molecule has 0 amide bonds. The Labute approximate surface area is 127 Å². The summed E-state index contributed by atoms with van der Waals surface area (Å²) in [5.41, 5.74) is 4.03. The molecule has 4 nitrogen and oxygen atoms in total. The average Bonchev–Trinajstić information content (AvgIpc) is 2.98. The molecule has 21 heavy (non-hydrogen) atoms. The first-order valence-corrected chi connectivity index (χ1v) is 7.85. The van der Waals surface area contributed by atoms with Gasteiger partial charge >= 0.3 is 0 Å². The average molecular weight is 284 g/mol. The van der Waals surface area contributed by atoms with Crippen molar-refractivity contribution in [1.82, 2.24) is 14.5 Å². The molecule has 0 bridgehead atoms. The van der Waals surface area contributed by atoms with Gasteiger partial charge in [-0.25, -0.2) is 4.98 Å². The maximum absolute atomic E-state index is 4.23. The molecule has 0 saturated carbocycles. The Morgan fingerprint density at radius 2 is 1.86 bits per heavy atom. The van der Waals surface area contributed by atoms with E-state index in [1.54, 1.807) is 0 Å². The number of hydrogen-bond acceptors (Lipinski definition) is 3. The summed E-state index contributed by atoms with van der Waals surface area (Å²) in [5.74, 6) is 0. The SMILES string of the molecule is CCN(CC)c1ccc(CN2CCn3cncc3C2)cc1. The summed E-state index contributed by atoms with van der Waals surface area (Å²) in [7, 11) is 0. The molecule has 0 aliphatic carbocycles. The van der Waals surface area contributed by atoms with Gasteiger partial charge in [0.2, 0.25) is 0 Å². The zero-order chi connectivity index (χ0) is 14.7. The lowest BCUT2D eigenvalue weighted by Crippen LogP contribution is -2.32. The summed E-state index contributed by atoms with van der Waals surface area (Å²) >= 11 is 0. The lowest BCUT2D eigenvalue weighted by atomic mass is 10.1. The van der Waals surface area contributed by atoms with Crippen LogP contribution in [0.25, 0.3) is 0 Å². The van der Waals surface area contributed by atoms with E-state index in [2.05, 4.69) is 57.5 Å². The number of imidazole rings is 1. The first-order valence-electron chi connectivity index (χ1n) is 7.85. The molecular formula is C17H24N4. The lowest BCUT2D eigenvalue weighted by molar-refractivity contribution is 0.213. The predicted molar refractivity (Wildman–Crippen MR) is 86.3 cm³/mol. The highest BCUT2D eigenvalue weighted by Gasteiger charge is 2.15. The third kappa shape index (κ3) is 3.10. The molecule has 1 aromatic carbocycles.